The second-order valence-electron chi connectivity index (χ2n) is 10.8. The molecular weight excluding hydrogens is 428 g/mol. The van der Waals surface area contributed by atoms with Crippen LogP contribution in [0.3, 0.4) is 0 Å². The van der Waals surface area contributed by atoms with Crippen LogP contribution in [0.4, 0.5) is 0 Å². The number of nitrogens with zero attached hydrogens (tertiary/aromatic N) is 5. The molecule has 2 heterocycles. The van der Waals surface area contributed by atoms with E-state index in [0.717, 1.165) is 12.1 Å². The summed E-state index contributed by atoms with van der Waals surface area (Å²) in [6.45, 7) is 19.5. The SMILES string of the molecule is CC(C)C(=O)N(COCC[Si](C)(C)C)C1=NC=NC2C1=NNN2COCC[Si](C)(C)C. The van der Waals surface area contributed by atoms with E-state index in [9.17, 15) is 4.79 Å². The van der Waals surface area contributed by atoms with Gasteiger partial charge in [-0.05, 0) is 12.1 Å². The molecule has 0 aromatic carbocycles. The van der Waals surface area contributed by atoms with Crippen LogP contribution in [0.25, 0.3) is 0 Å². The number of carbonyl (C=O) groups is 1. The van der Waals surface area contributed by atoms with Crippen molar-refractivity contribution in [3.05, 3.63) is 0 Å². The fourth-order valence-corrected chi connectivity index (χ4v) is 4.35. The number of aliphatic imine (C=N–C) groups is 2. The first-order valence-corrected chi connectivity index (χ1v) is 18.5. The Morgan fingerprint density at radius 2 is 1.74 bits per heavy atom. The topological polar surface area (TPSA) is 91.1 Å². The minimum Gasteiger partial charge on any atom is -0.365 e. The smallest absolute Gasteiger partial charge is 0.232 e. The molecule has 2 aliphatic heterocycles. The molecule has 11 heteroatoms. The number of rotatable bonds is 11. The molecule has 0 aliphatic carbocycles. The van der Waals surface area contributed by atoms with E-state index < -0.39 is 16.1 Å². The first-order valence-electron chi connectivity index (χ1n) is 11.1. The van der Waals surface area contributed by atoms with Gasteiger partial charge in [0.1, 0.15) is 25.5 Å². The molecule has 0 spiro atoms. The third-order valence-electron chi connectivity index (χ3n) is 4.91. The number of ether oxygens (including phenoxy) is 2. The third kappa shape index (κ3) is 8.22. The molecule has 31 heavy (non-hydrogen) atoms. The number of amidine groups is 1. The Labute approximate surface area is 189 Å². The molecule has 1 amide bonds. The molecule has 0 bridgehead atoms. The summed E-state index contributed by atoms with van der Waals surface area (Å²) in [7, 11) is -2.35. The second kappa shape index (κ2) is 10.9. The zero-order valence-electron chi connectivity index (χ0n) is 20.4. The Morgan fingerprint density at radius 1 is 1.13 bits per heavy atom. The quantitative estimate of drug-likeness (QED) is 0.286. The van der Waals surface area contributed by atoms with Crippen LogP contribution in [0.2, 0.25) is 51.4 Å². The summed E-state index contributed by atoms with van der Waals surface area (Å²) in [6.07, 6.45) is 1.12. The molecule has 9 nitrogen and oxygen atoms in total. The van der Waals surface area contributed by atoms with Crippen molar-refractivity contribution >= 4 is 39.9 Å². The van der Waals surface area contributed by atoms with E-state index in [2.05, 4.69) is 59.9 Å². The summed E-state index contributed by atoms with van der Waals surface area (Å²) < 4.78 is 11.7. The Bertz CT molecular complexity index is 713. The number of hydrogen-bond acceptors (Lipinski definition) is 8. The average molecular weight is 469 g/mol. The van der Waals surface area contributed by atoms with Crippen molar-refractivity contribution < 1.29 is 14.3 Å². The van der Waals surface area contributed by atoms with Gasteiger partial charge in [-0.15, -0.1) is 0 Å². The minimum absolute atomic E-state index is 0.0478. The van der Waals surface area contributed by atoms with Crippen LogP contribution in [0.15, 0.2) is 15.1 Å². The lowest BCUT2D eigenvalue weighted by molar-refractivity contribution is -0.134. The Morgan fingerprint density at radius 3 is 2.32 bits per heavy atom. The van der Waals surface area contributed by atoms with E-state index >= 15 is 0 Å². The first-order chi connectivity index (χ1) is 14.4. The summed E-state index contributed by atoms with van der Waals surface area (Å²) in [4.78, 5) is 23.3. The number of hydrazone groups is 1. The first kappa shape index (κ1) is 25.9. The molecular formula is C20H40N6O3Si2. The molecule has 2 aliphatic rings. The van der Waals surface area contributed by atoms with Crippen LogP contribution in [-0.2, 0) is 14.3 Å². The molecule has 0 saturated carbocycles. The maximum absolute atomic E-state index is 12.9. The van der Waals surface area contributed by atoms with Gasteiger partial charge >= 0.3 is 0 Å². The van der Waals surface area contributed by atoms with E-state index in [0.29, 0.717) is 31.5 Å². The number of nitrogens with one attached hydrogen (secondary N) is 1. The summed E-state index contributed by atoms with van der Waals surface area (Å²) >= 11 is 0. The highest BCUT2D eigenvalue weighted by Crippen LogP contribution is 2.17. The molecule has 0 radical (unpaired) electrons. The Balaban J connectivity index is 2.01. The molecule has 0 fully saturated rings. The molecule has 1 unspecified atom stereocenters. The van der Waals surface area contributed by atoms with Crippen LogP contribution < -0.4 is 5.53 Å². The van der Waals surface area contributed by atoms with E-state index in [1.807, 2.05) is 18.9 Å². The molecule has 0 saturated heterocycles. The molecule has 2 rings (SSSR count). The molecule has 0 aromatic rings. The minimum atomic E-state index is -1.21. The summed E-state index contributed by atoms with van der Waals surface area (Å²) in [5.41, 5.74) is 3.59. The van der Waals surface area contributed by atoms with Crippen LogP contribution >= 0.6 is 0 Å². The van der Waals surface area contributed by atoms with Crippen molar-refractivity contribution in [2.24, 2.45) is 21.0 Å². The van der Waals surface area contributed by atoms with Gasteiger partial charge in [0.25, 0.3) is 0 Å². The summed E-state index contributed by atoms with van der Waals surface area (Å²) in [5, 5.41) is 6.23. The van der Waals surface area contributed by atoms with Gasteiger partial charge < -0.3 is 9.47 Å². The van der Waals surface area contributed by atoms with Crippen LogP contribution in [-0.4, -0.2) is 82.7 Å². The monoisotopic (exact) mass is 468 g/mol. The maximum atomic E-state index is 12.9. The maximum Gasteiger partial charge on any atom is 0.232 e. The van der Waals surface area contributed by atoms with Crippen LogP contribution in [0, 0.1) is 5.92 Å². The van der Waals surface area contributed by atoms with Crippen molar-refractivity contribution in [1.29, 1.82) is 0 Å². The van der Waals surface area contributed by atoms with Crippen molar-refractivity contribution in [3.63, 3.8) is 0 Å². The van der Waals surface area contributed by atoms with Gasteiger partial charge in [0, 0.05) is 35.3 Å². The molecule has 1 N–H and O–H groups in total. The normalized spacial score (nSPS) is 19.2. The predicted molar refractivity (Wildman–Crippen MR) is 132 cm³/mol. The third-order valence-corrected chi connectivity index (χ3v) is 8.32. The van der Waals surface area contributed by atoms with Crippen molar-refractivity contribution in [2.75, 3.05) is 26.7 Å². The van der Waals surface area contributed by atoms with Crippen molar-refractivity contribution in [1.82, 2.24) is 15.4 Å². The lowest BCUT2D eigenvalue weighted by Crippen LogP contribution is -2.51. The number of hydrazine groups is 1. The standard InChI is InChI=1S/C20H40N6O3Si2/c1-16(2)20(27)25(14-28-9-11-30(3,4)5)18-17-19(22-13-21-18)26(24-23-17)15-29-10-12-31(6,7)8/h13,16,19,24H,9-12,14-15H2,1-8H3. The highest BCUT2D eigenvalue weighted by molar-refractivity contribution is 6.76. The summed E-state index contributed by atoms with van der Waals surface area (Å²) in [5.74, 6) is 0.258. The Hall–Kier alpha value is -1.41. The van der Waals surface area contributed by atoms with Crippen molar-refractivity contribution in [3.8, 4) is 0 Å². The van der Waals surface area contributed by atoms with Gasteiger partial charge in [0.05, 0.1) is 0 Å². The zero-order valence-corrected chi connectivity index (χ0v) is 22.4. The number of carbonyl (C=O) groups excluding carboxylic acids is 1. The lowest BCUT2D eigenvalue weighted by atomic mass is 10.1. The van der Waals surface area contributed by atoms with Gasteiger partial charge in [-0.2, -0.15) is 10.1 Å². The lowest BCUT2D eigenvalue weighted by Gasteiger charge is -2.29. The predicted octanol–water partition coefficient (Wildman–Crippen LogP) is 3.04. The van der Waals surface area contributed by atoms with Crippen LogP contribution in [0.5, 0.6) is 0 Å². The van der Waals surface area contributed by atoms with Crippen molar-refractivity contribution in [2.45, 2.75) is 71.4 Å². The second-order valence-corrected chi connectivity index (χ2v) is 22.0. The summed E-state index contributed by atoms with van der Waals surface area (Å²) in [6, 6.07) is 2.14. The largest absolute Gasteiger partial charge is 0.365 e. The number of hydrogen-bond donors (Lipinski definition) is 1. The average Bonchev–Trinajstić information content (AvgIpc) is 3.06. The number of fused-ring (bicyclic) bond motifs is 1. The van der Waals surface area contributed by atoms with Gasteiger partial charge in [0.2, 0.25) is 5.91 Å². The van der Waals surface area contributed by atoms with Gasteiger partial charge in [-0.3, -0.25) is 9.69 Å². The number of amides is 1. The zero-order chi connectivity index (χ0) is 23.2. The molecule has 176 valence electrons. The van der Waals surface area contributed by atoms with Gasteiger partial charge in [0.15, 0.2) is 12.0 Å². The van der Waals surface area contributed by atoms with Gasteiger partial charge in [-0.1, -0.05) is 53.1 Å². The highest BCUT2D eigenvalue weighted by Gasteiger charge is 2.38. The van der Waals surface area contributed by atoms with E-state index in [-0.39, 0.29) is 24.7 Å². The van der Waals surface area contributed by atoms with E-state index in [1.54, 1.807) is 4.90 Å². The molecule has 0 aromatic heterocycles. The fraction of sp³-hybridized carbons (Fsp3) is 0.800. The Kier molecular flexibility index (Phi) is 9.13. The van der Waals surface area contributed by atoms with E-state index in [1.165, 1.54) is 6.34 Å². The van der Waals surface area contributed by atoms with Gasteiger partial charge in [-0.25, -0.2) is 15.5 Å². The van der Waals surface area contributed by atoms with Crippen LogP contribution in [0.1, 0.15) is 13.8 Å². The van der Waals surface area contributed by atoms with E-state index in [4.69, 9.17) is 9.47 Å². The molecule has 1 atom stereocenters. The fourth-order valence-electron chi connectivity index (χ4n) is 2.84. The highest BCUT2D eigenvalue weighted by atomic mass is 28.3.